The molecule has 0 radical (unpaired) electrons. The van der Waals surface area contributed by atoms with Crippen LogP contribution in [0.5, 0.6) is 0 Å². The first-order valence-corrected chi connectivity index (χ1v) is 6.12. The number of benzene rings is 1. The Balaban J connectivity index is 0.000000686. The quantitative estimate of drug-likeness (QED) is 0.689. The number of hydrogen-bond acceptors (Lipinski definition) is 0. The van der Waals surface area contributed by atoms with Crippen molar-refractivity contribution in [3.63, 3.8) is 0 Å². The van der Waals surface area contributed by atoms with Crippen LogP contribution in [0.3, 0.4) is 0 Å². The van der Waals surface area contributed by atoms with Crippen molar-refractivity contribution in [3.8, 4) is 0 Å². The van der Waals surface area contributed by atoms with Gasteiger partial charge in [0, 0.05) is 29.2 Å². The van der Waals surface area contributed by atoms with Gasteiger partial charge in [-0.2, -0.15) is 0 Å². The summed E-state index contributed by atoms with van der Waals surface area (Å²) in [7, 11) is 2.08. The van der Waals surface area contributed by atoms with E-state index in [9.17, 15) is 0 Å². The zero-order valence-corrected chi connectivity index (χ0v) is 11.2. The zero-order chi connectivity index (χ0) is 12.8. The van der Waals surface area contributed by atoms with Gasteiger partial charge in [0.25, 0.3) is 0 Å². The first kappa shape index (κ1) is 13.3. The molecule has 2 aromatic rings. The predicted molar refractivity (Wildman–Crippen MR) is 79.1 cm³/mol. The molecule has 1 nitrogen and oxygen atoms in total. The van der Waals surface area contributed by atoms with Crippen LogP contribution in [0.2, 0.25) is 0 Å². The third kappa shape index (κ3) is 2.33. The molecule has 1 heterocycles. The predicted octanol–water partition coefficient (Wildman–Crippen LogP) is 4.88. The maximum atomic E-state index is 3.88. The van der Waals surface area contributed by atoms with Crippen molar-refractivity contribution in [2.24, 2.45) is 7.05 Å². The van der Waals surface area contributed by atoms with E-state index in [-0.39, 0.29) is 0 Å². The Morgan fingerprint density at radius 3 is 2.41 bits per heavy atom. The van der Waals surface area contributed by atoms with Gasteiger partial charge in [-0.05, 0) is 19.1 Å². The molecular weight excluding hydrogens is 206 g/mol. The third-order valence-electron chi connectivity index (χ3n) is 2.72. The van der Waals surface area contributed by atoms with Crippen molar-refractivity contribution in [2.45, 2.75) is 20.8 Å². The van der Waals surface area contributed by atoms with Crippen LogP contribution in [-0.2, 0) is 7.05 Å². The van der Waals surface area contributed by atoms with Gasteiger partial charge in [0.15, 0.2) is 0 Å². The maximum absolute atomic E-state index is 3.88. The zero-order valence-electron chi connectivity index (χ0n) is 11.2. The molecule has 2 rings (SSSR count). The topological polar surface area (TPSA) is 4.93 Å². The molecule has 0 aliphatic heterocycles. The van der Waals surface area contributed by atoms with Crippen LogP contribution in [0.15, 0.2) is 36.9 Å². The summed E-state index contributed by atoms with van der Waals surface area (Å²) in [5.41, 5.74) is 3.68. The van der Waals surface area contributed by atoms with E-state index in [4.69, 9.17) is 0 Å². The molecule has 0 unspecified atom stereocenters. The average Bonchev–Trinajstić information content (AvgIpc) is 2.66. The second-order valence-electron chi connectivity index (χ2n) is 3.58. The number of rotatable bonds is 2. The van der Waals surface area contributed by atoms with Gasteiger partial charge >= 0.3 is 0 Å². The van der Waals surface area contributed by atoms with E-state index in [0.717, 1.165) is 0 Å². The lowest BCUT2D eigenvalue weighted by atomic mass is 10.1. The molecule has 0 bridgehead atoms. The van der Waals surface area contributed by atoms with Crippen LogP contribution < -0.4 is 0 Å². The fourth-order valence-electron chi connectivity index (χ4n) is 2.03. The van der Waals surface area contributed by atoms with Crippen molar-refractivity contribution in [2.75, 3.05) is 0 Å². The van der Waals surface area contributed by atoms with Gasteiger partial charge in [-0.1, -0.05) is 50.8 Å². The molecule has 0 aliphatic carbocycles. The van der Waals surface area contributed by atoms with Crippen molar-refractivity contribution < 1.29 is 0 Å². The Labute approximate surface area is 104 Å². The van der Waals surface area contributed by atoms with E-state index < -0.39 is 0 Å². The number of para-hydroxylation sites is 1. The monoisotopic (exact) mass is 227 g/mol. The van der Waals surface area contributed by atoms with E-state index in [0.29, 0.717) is 0 Å². The fourth-order valence-corrected chi connectivity index (χ4v) is 2.03. The normalized spacial score (nSPS) is 10.4. The first-order valence-electron chi connectivity index (χ1n) is 6.12. The summed E-state index contributed by atoms with van der Waals surface area (Å²) in [6.07, 6.45) is 6.11. The number of fused-ring (bicyclic) bond motifs is 1. The summed E-state index contributed by atoms with van der Waals surface area (Å²) in [6.45, 7) is 9.91. The van der Waals surface area contributed by atoms with Gasteiger partial charge < -0.3 is 4.57 Å². The molecule has 0 N–H and O–H groups in total. The van der Waals surface area contributed by atoms with E-state index >= 15 is 0 Å². The van der Waals surface area contributed by atoms with Crippen LogP contribution >= 0.6 is 0 Å². The Morgan fingerprint density at radius 1 is 1.18 bits per heavy atom. The van der Waals surface area contributed by atoms with Crippen LogP contribution in [0.4, 0.5) is 0 Å². The van der Waals surface area contributed by atoms with Crippen molar-refractivity contribution in [1.82, 2.24) is 4.57 Å². The summed E-state index contributed by atoms with van der Waals surface area (Å²) >= 11 is 0. The molecule has 0 saturated heterocycles. The van der Waals surface area contributed by atoms with Gasteiger partial charge in [0.05, 0.1) is 0 Å². The summed E-state index contributed by atoms with van der Waals surface area (Å²) in [5, 5.41) is 1.29. The lowest BCUT2D eigenvalue weighted by Gasteiger charge is -1.98. The summed E-state index contributed by atoms with van der Waals surface area (Å²) in [4.78, 5) is 0. The van der Waals surface area contributed by atoms with Crippen molar-refractivity contribution in [3.05, 3.63) is 48.2 Å². The fraction of sp³-hybridized carbons (Fsp3) is 0.250. The van der Waals surface area contributed by atoms with Crippen LogP contribution in [0.25, 0.3) is 23.1 Å². The number of aromatic nitrogens is 1. The van der Waals surface area contributed by atoms with Gasteiger partial charge in [-0.3, -0.25) is 0 Å². The highest BCUT2D eigenvalue weighted by Crippen LogP contribution is 2.27. The molecule has 0 aliphatic rings. The minimum Gasteiger partial charge on any atom is -0.344 e. The lowest BCUT2D eigenvalue weighted by Crippen LogP contribution is -1.90. The van der Waals surface area contributed by atoms with Crippen LogP contribution in [0, 0.1) is 0 Å². The molecule has 1 aromatic heterocycles. The smallest absolute Gasteiger partial charge is 0.0488 e. The summed E-state index contributed by atoms with van der Waals surface area (Å²) in [6, 6.07) is 8.42. The molecule has 0 saturated carbocycles. The SMILES string of the molecule is C=Cc1c(/C=C\C)c2ccccc2n1C.CC. The van der Waals surface area contributed by atoms with E-state index in [1.807, 2.05) is 26.8 Å². The van der Waals surface area contributed by atoms with Crippen molar-refractivity contribution in [1.29, 1.82) is 0 Å². The largest absolute Gasteiger partial charge is 0.344 e. The molecule has 17 heavy (non-hydrogen) atoms. The molecule has 0 amide bonds. The van der Waals surface area contributed by atoms with E-state index in [1.54, 1.807) is 0 Å². The number of allylic oxidation sites excluding steroid dienone is 1. The summed E-state index contributed by atoms with van der Waals surface area (Å²) in [5.74, 6) is 0. The highest BCUT2D eigenvalue weighted by atomic mass is 14.9. The Bertz CT molecular complexity index is 530. The Hall–Kier alpha value is -1.76. The molecule has 0 spiro atoms. The number of nitrogens with zero attached hydrogens (tertiary/aromatic N) is 1. The summed E-state index contributed by atoms with van der Waals surface area (Å²) < 4.78 is 2.18. The van der Waals surface area contributed by atoms with Crippen molar-refractivity contribution >= 4 is 23.1 Å². The number of hydrogen-bond donors (Lipinski definition) is 0. The van der Waals surface area contributed by atoms with Crippen LogP contribution in [0.1, 0.15) is 32.0 Å². The molecule has 1 heteroatoms. The molecule has 1 aromatic carbocycles. The van der Waals surface area contributed by atoms with Crippen LogP contribution in [-0.4, -0.2) is 4.57 Å². The second kappa shape index (κ2) is 6.09. The minimum atomic E-state index is 1.18. The van der Waals surface area contributed by atoms with Gasteiger partial charge in [-0.25, -0.2) is 0 Å². The third-order valence-corrected chi connectivity index (χ3v) is 2.72. The Morgan fingerprint density at radius 2 is 1.82 bits per heavy atom. The minimum absolute atomic E-state index is 1.18. The Kier molecular flexibility index (Phi) is 4.77. The van der Waals surface area contributed by atoms with Gasteiger partial charge in [-0.15, -0.1) is 0 Å². The van der Waals surface area contributed by atoms with Gasteiger partial charge in [0.1, 0.15) is 0 Å². The molecule has 90 valence electrons. The molecule has 0 fully saturated rings. The first-order chi connectivity index (χ1) is 8.29. The molecular formula is C16H21N. The second-order valence-corrected chi connectivity index (χ2v) is 3.58. The standard InChI is InChI=1S/C14H15N.C2H6/c1-4-8-11-12-9-6-7-10-14(12)15(3)13(11)5-2;1-2/h4-10H,2H2,1,3H3;1-2H3/b8-4-;. The highest BCUT2D eigenvalue weighted by Gasteiger charge is 2.08. The van der Waals surface area contributed by atoms with E-state index in [2.05, 4.69) is 54.6 Å². The lowest BCUT2D eigenvalue weighted by molar-refractivity contribution is 0.953. The van der Waals surface area contributed by atoms with Gasteiger partial charge in [0.2, 0.25) is 0 Å². The molecule has 0 atom stereocenters. The number of aryl methyl sites for hydroxylation is 1. The maximum Gasteiger partial charge on any atom is 0.0488 e. The average molecular weight is 227 g/mol. The highest BCUT2D eigenvalue weighted by molar-refractivity contribution is 5.93. The van der Waals surface area contributed by atoms with E-state index in [1.165, 1.54) is 22.2 Å².